The molecule has 2 fully saturated rings. The second kappa shape index (κ2) is 9.79. The number of hydrogen-bond acceptors (Lipinski definition) is 11. The second-order valence-electron chi connectivity index (χ2n) is 7.67. The average Bonchev–Trinajstić information content (AvgIpc) is 3.61. The van der Waals surface area contributed by atoms with E-state index in [1.165, 1.54) is 4.68 Å². The number of ether oxygens (including phenoxy) is 3. The van der Waals surface area contributed by atoms with Crippen LogP contribution in [0.15, 0.2) is 43.0 Å². The minimum Gasteiger partial charge on any atom is -0.549 e. The molecule has 1 N–H and O–H groups in total. The van der Waals surface area contributed by atoms with Crippen molar-refractivity contribution in [2.45, 2.75) is 24.3 Å². The molecule has 13 nitrogen and oxygen atoms in total. The van der Waals surface area contributed by atoms with E-state index < -0.39 is 5.97 Å². The van der Waals surface area contributed by atoms with Crippen LogP contribution in [0.2, 0.25) is 0 Å². The second-order valence-corrected chi connectivity index (χ2v) is 8.66. The van der Waals surface area contributed by atoms with Gasteiger partial charge in [0.2, 0.25) is 5.91 Å². The van der Waals surface area contributed by atoms with Gasteiger partial charge in [-0.05, 0) is 34.7 Å². The van der Waals surface area contributed by atoms with Gasteiger partial charge in [-0.25, -0.2) is 4.98 Å². The minimum absolute atomic E-state index is 0.00984. The summed E-state index contributed by atoms with van der Waals surface area (Å²) in [6, 6.07) is 6.88. The Bertz CT molecular complexity index is 1140. The van der Waals surface area contributed by atoms with Crippen molar-refractivity contribution in [2.24, 2.45) is 0 Å². The number of nitrogens with one attached hydrogen (secondary N) is 1. The Morgan fingerprint density at radius 2 is 2.00 bits per heavy atom. The van der Waals surface area contributed by atoms with Gasteiger partial charge in [0.15, 0.2) is 0 Å². The Kier molecular flexibility index (Phi) is 6.42. The Labute approximate surface area is 197 Å². The predicted octanol–water partition coefficient (Wildman–Crippen LogP) is -1.04. The Hall–Kier alpha value is -3.49. The molecule has 0 unspecified atom stereocenters. The molecule has 0 bridgehead atoms. The summed E-state index contributed by atoms with van der Waals surface area (Å²) in [5.74, 6) is -1.18. The van der Waals surface area contributed by atoms with Gasteiger partial charge in [-0.3, -0.25) is 4.79 Å². The van der Waals surface area contributed by atoms with Crippen molar-refractivity contribution in [3.05, 3.63) is 43.0 Å². The minimum atomic E-state index is -1.21. The van der Waals surface area contributed by atoms with Gasteiger partial charge in [-0.2, -0.15) is 4.68 Å². The van der Waals surface area contributed by atoms with Gasteiger partial charge in [0.25, 0.3) is 0 Å². The summed E-state index contributed by atoms with van der Waals surface area (Å²) in [6.07, 6.45) is 4.49. The molecular weight excluding hydrogens is 466 g/mol. The lowest BCUT2D eigenvalue weighted by atomic mass is 10.1. The van der Waals surface area contributed by atoms with E-state index in [2.05, 4.69) is 25.8 Å². The van der Waals surface area contributed by atoms with E-state index in [1.54, 1.807) is 24.7 Å². The number of imidazole rings is 1. The van der Waals surface area contributed by atoms with Crippen molar-refractivity contribution in [3.8, 4) is 17.4 Å². The van der Waals surface area contributed by atoms with E-state index in [0.29, 0.717) is 5.75 Å². The lowest BCUT2D eigenvalue weighted by molar-refractivity contribution is -0.301. The number of rotatable bonds is 9. The number of amides is 1. The third-order valence-corrected chi connectivity index (χ3v) is 6.36. The molecule has 0 radical (unpaired) electrons. The first-order chi connectivity index (χ1) is 16.6. The lowest BCUT2D eigenvalue weighted by Crippen LogP contribution is -2.45. The molecule has 0 aliphatic carbocycles. The molecule has 2 aliphatic heterocycles. The van der Waals surface area contributed by atoms with Crippen LogP contribution >= 0.6 is 11.8 Å². The van der Waals surface area contributed by atoms with Crippen LogP contribution in [0.25, 0.3) is 5.69 Å². The molecule has 14 heteroatoms. The lowest BCUT2D eigenvalue weighted by Gasteiger charge is -2.18. The Morgan fingerprint density at radius 3 is 2.76 bits per heavy atom. The van der Waals surface area contributed by atoms with Crippen molar-refractivity contribution in [1.82, 2.24) is 35.1 Å². The fourth-order valence-electron chi connectivity index (χ4n) is 3.95. The molecule has 2 saturated heterocycles. The molecule has 34 heavy (non-hydrogen) atoms. The maximum atomic E-state index is 12.1. The van der Waals surface area contributed by atoms with E-state index in [-0.39, 0.29) is 60.9 Å². The van der Waals surface area contributed by atoms with E-state index in [4.69, 9.17) is 14.2 Å². The highest BCUT2D eigenvalue weighted by molar-refractivity contribution is 8.00. The third kappa shape index (κ3) is 4.73. The molecular formula is C20H20N7O6S-. The van der Waals surface area contributed by atoms with Gasteiger partial charge in [-0.15, -0.1) is 11.8 Å². The maximum absolute atomic E-state index is 12.1. The van der Waals surface area contributed by atoms with Crippen LogP contribution in [0.5, 0.6) is 11.8 Å². The molecule has 1 aromatic carbocycles. The molecule has 2 aromatic heterocycles. The molecule has 5 rings (SSSR count). The molecule has 3 aromatic rings. The molecule has 0 saturated carbocycles. The number of aromatic nitrogens is 6. The third-order valence-electron chi connectivity index (χ3n) is 5.45. The summed E-state index contributed by atoms with van der Waals surface area (Å²) in [6.45, 7) is 0.541. The zero-order chi connectivity index (χ0) is 23.5. The molecule has 178 valence electrons. The predicted molar refractivity (Wildman–Crippen MR) is 114 cm³/mol. The van der Waals surface area contributed by atoms with Crippen molar-refractivity contribution in [3.63, 3.8) is 0 Å². The van der Waals surface area contributed by atoms with Crippen LogP contribution in [0, 0.1) is 0 Å². The topological polar surface area (TPSA) is 158 Å². The van der Waals surface area contributed by atoms with Crippen molar-refractivity contribution >= 4 is 23.6 Å². The average molecular weight is 486 g/mol. The fraction of sp³-hybridized carbons (Fsp3) is 0.400. The van der Waals surface area contributed by atoms with Crippen LogP contribution in [0.4, 0.5) is 0 Å². The summed E-state index contributed by atoms with van der Waals surface area (Å²) >= 11 is 0.972. The highest BCUT2D eigenvalue weighted by Crippen LogP contribution is 2.36. The number of hydrogen-bond donors (Lipinski definition) is 1. The summed E-state index contributed by atoms with van der Waals surface area (Å²) in [4.78, 5) is 26.6. The molecule has 0 spiro atoms. The van der Waals surface area contributed by atoms with Crippen LogP contribution < -0.4 is 15.2 Å². The number of carbonyl (C=O) groups is 2. The SMILES string of the molecule is O=C([O-])CSCC(=O)N[C@H]1CO[C@H]2[C@@H]1OC[C@@H]2n1nnnc1Oc1ccc(-n2ccnc2)cc1. The Morgan fingerprint density at radius 1 is 1.18 bits per heavy atom. The number of thioether (sulfide) groups is 1. The van der Waals surface area contributed by atoms with E-state index >= 15 is 0 Å². The number of fused-ring (bicyclic) bond motifs is 1. The number of tetrazole rings is 1. The van der Waals surface area contributed by atoms with Crippen LogP contribution in [-0.4, -0.2) is 84.6 Å². The van der Waals surface area contributed by atoms with Crippen molar-refractivity contribution in [2.75, 3.05) is 24.7 Å². The zero-order valence-corrected chi connectivity index (χ0v) is 18.5. The number of carbonyl (C=O) groups excluding carboxylic acids is 2. The number of carboxylic acid groups (broad SMARTS) is 1. The van der Waals surface area contributed by atoms with Crippen molar-refractivity contribution in [1.29, 1.82) is 0 Å². The summed E-state index contributed by atoms with van der Waals surface area (Å²) < 4.78 is 21.1. The van der Waals surface area contributed by atoms with E-state index in [0.717, 1.165) is 17.4 Å². The number of benzene rings is 1. The van der Waals surface area contributed by atoms with E-state index in [1.807, 2.05) is 22.9 Å². The molecule has 4 atom stereocenters. The van der Waals surface area contributed by atoms with Gasteiger partial charge in [0.05, 0.1) is 37.3 Å². The van der Waals surface area contributed by atoms with E-state index in [9.17, 15) is 14.7 Å². The van der Waals surface area contributed by atoms with Gasteiger partial charge in [0.1, 0.15) is 24.0 Å². The summed E-state index contributed by atoms with van der Waals surface area (Å²) in [7, 11) is 0. The Balaban J connectivity index is 1.21. The van der Waals surface area contributed by atoms with Crippen LogP contribution in [0.3, 0.4) is 0 Å². The maximum Gasteiger partial charge on any atom is 0.341 e. The highest BCUT2D eigenvalue weighted by atomic mass is 32.2. The normalized spacial score (nSPS) is 23.5. The highest BCUT2D eigenvalue weighted by Gasteiger charge is 2.50. The van der Waals surface area contributed by atoms with Crippen LogP contribution in [-0.2, 0) is 19.1 Å². The number of carboxylic acids is 1. The van der Waals surface area contributed by atoms with Crippen LogP contribution in [0.1, 0.15) is 6.04 Å². The number of nitrogens with zero attached hydrogens (tertiary/aromatic N) is 6. The van der Waals surface area contributed by atoms with Gasteiger partial charge in [-0.1, -0.05) is 5.10 Å². The first-order valence-electron chi connectivity index (χ1n) is 10.4. The summed E-state index contributed by atoms with van der Waals surface area (Å²) in [5.41, 5.74) is 0.932. The first-order valence-corrected chi connectivity index (χ1v) is 11.6. The number of aliphatic carboxylic acids is 1. The summed E-state index contributed by atoms with van der Waals surface area (Å²) in [5, 5.41) is 25.1. The first kappa shape index (κ1) is 22.3. The quantitative estimate of drug-likeness (QED) is 0.394. The van der Waals surface area contributed by atoms with Gasteiger partial charge < -0.3 is 34.0 Å². The monoisotopic (exact) mass is 486 g/mol. The van der Waals surface area contributed by atoms with Gasteiger partial charge in [0, 0.05) is 23.8 Å². The fourth-order valence-corrected chi connectivity index (χ4v) is 4.49. The van der Waals surface area contributed by atoms with Crippen molar-refractivity contribution < 1.29 is 28.9 Å². The largest absolute Gasteiger partial charge is 0.549 e. The zero-order valence-electron chi connectivity index (χ0n) is 17.7. The molecule has 1 amide bonds. The standard InChI is InChI=1S/C20H21N7O6S/c28-16(9-34-10-17(29)30)22-14-7-31-19-15(8-32-18(14)19)27-20(23-24-25-27)33-13-3-1-12(2-4-13)26-6-5-21-11-26/h1-6,11,14-15,18-19H,7-10H2,(H,22,28)(H,29,30)/p-1/t14-,15-,18+,19+/m0/s1. The molecule has 2 aliphatic rings. The van der Waals surface area contributed by atoms with Gasteiger partial charge >= 0.3 is 6.01 Å². The smallest absolute Gasteiger partial charge is 0.341 e. The molecule has 4 heterocycles.